The number of rotatable bonds is 5. The van der Waals surface area contributed by atoms with Crippen molar-refractivity contribution in [3.63, 3.8) is 0 Å². The summed E-state index contributed by atoms with van der Waals surface area (Å²) in [7, 11) is 1.79. The van der Waals surface area contributed by atoms with Gasteiger partial charge in [0.05, 0.1) is 19.6 Å². The molecule has 1 aliphatic heterocycles. The first-order valence-electron chi connectivity index (χ1n) is 11.6. The minimum Gasteiger partial charge on any atom is -0.496 e. The van der Waals surface area contributed by atoms with E-state index in [1.54, 1.807) is 7.11 Å². The number of nitrogens with zero attached hydrogens (tertiary/aromatic N) is 2. The number of nitriles is 1. The van der Waals surface area contributed by atoms with E-state index in [4.69, 9.17) is 10.00 Å². The number of fused-ring (bicyclic) bond motifs is 2. The van der Waals surface area contributed by atoms with E-state index in [1.807, 2.05) is 0 Å². The van der Waals surface area contributed by atoms with Crippen LogP contribution in [0.4, 0.5) is 0 Å². The summed E-state index contributed by atoms with van der Waals surface area (Å²) in [6.07, 6.45) is 8.83. The third-order valence-corrected chi connectivity index (χ3v) is 7.94. The molecule has 0 aromatic heterocycles. The normalized spacial score (nSPS) is 26.6. The van der Waals surface area contributed by atoms with Crippen molar-refractivity contribution in [3.8, 4) is 22.9 Å². The van der Waals surface area contributed by atoms with Gasteiger partial charge in [0.2, 0.25) is 0 Å². The molecule has 0 spiro atoms. The van der Waals surface area contributed by atoms with E-state index in [0.29, 0.717) is 12.3 Å². The van der Waals surface area contributed by atoms with Crippen LogP contribution in [0.3, 0.4) is 0 Å². The second-order valence-electron chi connectivity index (χ2n) is 9.54. The van der Waals surface area contributed by atoms with E-state index in [-0.39, 0.29) is 0 Å². The second-order valence-corrected chi connectivity index (χ2v) is 9.54. The quantitative estimate of drug-likeness (QED) is 0.637. The van der Waals surface area contributed by atoms with Crippen LogP contribution in [0, 0.1) is 23.2 Å². The van der Waals surface area contributed by atoms with Crippen molar-refractivity contribution < 1.29 is 4.74 Å². The lowest BCUT2D eigenvalue weighted by Crippen LogP contribution is -2.43. The zero-order valence-corrected chi connectivity index (χ0v) is 18.0. The maximum Gasteiger partial charge on any atom is 0.122 e. The Balaban J connectivity index is 1.31. The third-order valence-electron chi connectivity index (χ3n) is 7.94. The summed E-state index contributed by atoms with van der Waals surface area (Å²) in [4.78, 5) is 2.81. The van der Waals surface area contributed by atoms with Gasteiger partial charge in [-0.2, -0.15) is 5.26 Å². The predicted octanol–water partition coefficient (Wildman–Crippen LogP) is 5.80. The van der Waals surface area contributed by atoms with Crippen molar-refractivity contribution in [2.75, 3.05) is 20.2 Å². The highest BCUT2D eigenvalue weighted by Crippen LogP contribution is 2.48. The first kappa shape index (κ1) is 19.6. The van der Waals surface area contributed by atoms with Gasteiger partial charge in [0.25, 0.3) is 0 Å². The Hall–Kier alpha value is -2.31. The SMILES string of the molecule is COc1ccc(-c2ccc(CC#N)cc2)cc1C1CCN(C2C[C@H]3CC[C@H]2C3)CC1. The lowest BCUT2D eigenvalue weighted by atomic mass is 9.85. The van der Waals surface area contributed by atoms with Crippen LogP contribution < -0.4 is 4.74 Å². The van der Waals surface area contributed by atoms with Crippen LogP contribution in [0.1, 0.15) is 55.6 Å². The first-order chi connectivity index (χ1) is 14.7. The van der Waals surface area contributed by atoms with Crippen LogP contribution in [0.25, 0.3) is 11.1 Å². The fourth-order valence-corrected chi connectivity index (χ4v) is 6.34. The highest BCUT2D eigenvalue weighted by molar-refractivity contribution is 5.66. The second kappa shape index (κ2) is 8.44. The molecular formula is C27H32N2O. The van der Waals surface area contributed by atoms with Crippen molar-refractivity contribution in [3.05, 3.63) is 53.6 Å². The molecule has 2 aliphatic carbocycles. The molecule has 0 amide bonds. The summed E-state index contributed by atoms with van der Waals surface area (Å²) < 4.78 is 5.76. The highest BCUT2D eigenvalue weighted by atomic mass is 16.5. The molecule has 3 fully saturated rings. The number of benzene rings is 2. The average molecular weight is 401 g/mol. The molecule has 1 unspecified atom stereocenters. The maximum atomic E-state index is 8.90. The molecule has 3 aliphatic rings. The molecule has 156 valence electrons. The van der Waals surface area contributed by atoms with Crippen molar-refractivity contribution in [2.24, 2.45) is 11.8 Å². The van der Waals surface area contributed by atoms with Gasteiger partial charge in [-0.25, -0.2) is 0 Å². The van der Waals surface area contributed by atoms with Crippen molar-refractivity contribution in [1.29, 1.82) is 5.26 Å². The Morgan fingerprint density at radius 1 is 0.967 bits per heavy atom. The Bertz CT molecular complexity index is 921. The monoisotopic (exact) mass is 400 g/mol. The summed E-state index contributed by atoms with van der Waals surface area (Å²) in [6.45, 7) is 2.46. The molecule has 0 N–H and O–H groups in total. The van der Waals surface area contributed by atoms with Crippen LogP contribution in [-0.2, 0) is 6.42 Å². The van der Waals surface area contributed by atoms with E-state index < -0.39 is 0 Å². The maximum absolute atomic E-state index is 8.90. The van der Waals surface area contributed by atoms with Gasteiger partial charge in [-0.1, -0.05) is 36.8 Å². The Morgan fingerprint density at radius 2 is 1.73 bits per heavy atom. The molecule has 2 aromatic rings. The molecule has 2 aromatic carbocycles. The molecule has 5 rings (SSSR count). The highest BCUT2D eigenvalue weighted by Gasteiger charge is 2.43. The van der Waals surface area contributed by atoms with E-state index >= 15 is 0 Å². The molecule has 3 nitrogen and oxygen atoms in total. The van der Waals surface area contributed by atoms with E-state index in [2.05, 4.69) is 53.4 Å². The van der Waals surface area contributed by atoms with Crippen molar-refractivity contribution in [2.45, 2.75) is 56.9 Å². The molecule has 3 heteroatoms. The summed E-state index contributed by atoms with van der Waals surface area (Å²) in [6, 6.07) is 18.1. The number of likely N-dealkylation sites (tertiary alicyclic amines) is 1. The lowest BCUT2D eigenvalue weighted by molar-refractivity contribution is 0.110. The zero-order valence-electron chi connectivity index (χ0n) is 18.0. The van der Waals surface area contributed by atoms with Gasteiger partial charge < -0.3 is 9.64 Å². The number of hydrogen-bond acceptors (Lipinski definition) is 3. The van der Waals surface area contributed by atoms with Crippen molar-refractivity contribution >= 4 is 0 Å². The number of hydrogen-bond donors (Lipinski definition) is 0. The molecule has 30 heavy (non-hydrogen) atoms. The minimum atomic E-state index is 0.468. The van der Waals surface area contributed by atoms with E-state index in [1.165, 1.54) is 68.3 Å². The molecule has 1 heterocycles. The zero-order chi connectivity index (χ0) is 20.5. The number of piperidine rings is 1. The van der Waals surface area contributed by atoms with Crippen LogP contribution in [0.5, 0.6) is 5.75 Å². The molecule has 0 radical (unpaired) electrons. The summed E-state index contributed by atoms with van der Waals surface area (Å²) >= 11 is 0. The van der Waals surface area contributed by atoms with Crippen molar-refractivity contribution in [1.82, 2.24) is 4.90 Å². The molecule has 2 bridgehead atoms. The number of methoxy groups -OCH3 is 1. The van der Waals surface area contributed by atoms with Gasteiger partial charge in [-0.15, -0.1) is 0 Å². The molecule has 1 saturated heterocycles. The van der Waals surface area contributed by atoms with E-state index in [9.17, 15) is 0 Å². The third kappa shape index (κ3) is 3.74. The van der Waals surface area contributed by atoms with Crippen LogP contribution in [0.2, 0.25) is 0 Å². The van der Waals surface area contributed by atoms with Gasteiger partial charge in [-0.3, -0.25) is 0 Å². The first-order valence-corrected chi connectivity index (χ1v) is 11.6. The van der Waals surface area contributed by atoms with Gasteiger partial charge >= 0.3 is 0 Å². The van der Waals surface area contributed by atoms with Gasteiger partial charge in [0, 0.05) is 6.04 Å². The van der Waals surface area contributed by atoms with Gasteiger partial charge in [-0.05, 0) is 97.3 Å². The lowest BCUT2D eigenvalue weighted by Gasteiger charge is -2.40. The molecule has 3 atom stereocenters. The molecule has 2 saturated carbocycles. The minimum absolute atomic E-state index is 0.468. The Labute approximate surface area is 180 Å². The topological polar surface area (TPSA) is 36.3 Å². The van der Waals surface area contributed by atoms with Gasteiger partial charge in [0.15, 0.2) is 0 Å². The summed E-state index contributed by atoms with van der Waals surface area (Å²) in [5.74, 6) is 3.60. The van der Waals surface area contributed by atoms with Crippen LogP contribution in [0.15, 0.2) is 42.5 Å². The smallest absolute Gasteiger partial charge is 0.122 e. The average Bonchev–Trinajstić information content (AvgIpc) is 3.43. The fraction of sp³-hybridized carbons (Fsp3) is 0.519. The van der Waals surface area contributed by atoms with E-state index in [0.717, 1.165) is 29.2 Å². The largest absolute Gasteiger partial charge is 0.496 e. The standard InChI is InChI=1S/C27H32N2O/c1-30-27-9-8-23(21-5-2-19(3-6-21)10-13-28)18-25(27)22-11-14-29(15-12-22)26-17-20-4-7-24(26)16-20/h2-3,5-6,8-9,18,20,22,24,26H,4,7,10-12,14-17H2,1H3/t20-,24-,26?/m0/s1. The van der Waals surface area contributed by atoms with Crippen LogP contribution >= 0.6 is 0 Å². The number of ether oxygens (including phenoxy) is 1. The Morgan fingerprint density at radius 3 is 2.37 bits per heavy atom. The Kier molecular flexibility index (Phi) is 5.52. The summed E-state index contributed by atoms with van der Waals surface area (Å²) in [5, 5.41) is 8.90. The van der Waals surface area contributed by atoms with Crippen LogP contribution in [-0.4, -0.2) is 31.1 Å². The fourth-order valence-electron chi connectivity index (χ4n) is 6.34. The summed E-state index contributed by atoms with van der Waals surface area (Å²) in [5.41, 5.74) is 4.89. The predicted molar refractivity (Wildman–Crippen MR) is 121 cm³/mol. The van der Waals surface area contributed by atoms with Gasteiger partial charge in [0.1, 0.15) is 5.75 Å². The molecular weight excluding hydrogens is 368 g/mol.